The van der Waals surface area contributed by atoms with Crippen molar-refractivity contribution in [1.82, 2.24) is 26.2 Å². The number of nitrogens with one attached hydrogen (secondary N) is 4. The van der Waals surface area contributed by atoms with Crippen LogP contribution in [-0.4, -0.2) is 89.6 Å². The van der Waals surface area contributed by atoms with Crippen LogP contribution in [0.3, 0.4) is 0 Å². The summed E-state index contributed by atoms with van der Waals surface area (Å²) in [5.74, 6) is -1.93. The van der Waals surface area contributed by atoms with Crippen LogP contribution in [0.4, 0.5) is 4.79 Å². The molecule has 0 spiro atoms. The van der Waals surface area contributed by atoms with Gasteiger partial charge in [-0.05, 0) is 83.0 Å². The first kappa shape index (κ1) is 38.1. The lowest BCUT2D eigenvalue weighted by Crippen LogP contribution is -2.63. The Morgan fingerprint density at radius 2 is 1.52 bits per heavy atom. The summed E-state index contributed by atoms with van der Waals surface area (Å²) < 4.78 is 25.6. The molecule has 48 heavy (non-hydrogen) atoms. The molecule has 3 saturated carbocycles. The summed E-state index contributed by atoms with van der Waals surface area (Å²) in [5, 5.41) is 11.4. The quantitative estimate of drug-likeness (QED) is 0.214. The Kier molecular flexibility index (Phi) is 11.6. The lowest BCUT2D eigenvalue weighted by molar-refractivity contribution is -0.144. The monoisotopic (exact) mass is 693 g/mol. The number of sulfone groups is 1. The number of Topliss-reactive ketones (excluding diaryl/α,β-unsaturated/α-hetero) is 1. The minimum atomic E-state index is -3.55. The van der Waals surface area contributed by atoms with Gasteiger partial charge in [0, 0.05) is 12.6 Å². The molecule has 12 nitrogen and oxygen atoms in total. The van der Waals surface area contributed by atoms with Crippen LogP contribution >= 0.6 is 0 Å². The smallest absolute Gasteiger partial charge is 0.315 e. The summed E-state index contributed by atoms with van der Waals surface area (Å²) in [6, 6.07) is -3.46. The molecule has 1 heterocycles. The fraction of sp³-hybridized carbons (Fsp3) is 0.857. The second-order valence-electron chi connectivity index (χ2n) is 17.2. The van der Waals surface area contributed by atoms with Crippen LogP contribution in [-0.2, 0) is 29.0 Å². The van der Waals surface area contributed by atoms with Crippen molar-refractivity contribution < 1.29 is 32.4 Å². The molecule has 0 bridgehead atoms. The number of carbonyl (C=O) groups is 5. The van der Waals surface area contributed by atoms with Crippen LogP contribution in [0.15, 0.2) is 0 Å². The Morgan fingerprint density at radius 3 is 2.06 bits per heavy atom. The predicted molar refractivity (Wildman–Crippen MR) is 184 cm³/mol. The molecule has 5 amide bonds. The molecule has 0 aromatic carbocycles. The number of carbonyl (C=O) groups excluding carboxylic acids is 5. The minimum Gasteiger partial charge on any atom is -0.347 e. The van der Waals surface area contributed by atoms with Crippen molar-refractivity contribution >= 4 is 39.4 Å². The van der Waals surface area contributed by atoms with Crippen molar-refractivity contribution in [1.29, 1.82) is 0 Å². The van der Waals surface area contributed by atoms with E-state index in [1.165, 1.54) is 4.90 Å². The number of urea groups is 1. The minimum absolute atomic E-state index is 0.00830. The van der Waals surface area contributed by atoms with E-state index < -0.39 is 73.2 Å². The van der Waals surface area contributed by atoms with Gasteiger partial charge in [0.05, 0.1) is 22.1 Å². The molecule has 4 N–H and O–H groups in total. The molecule has 4 rings (SSSR count). The van der Waals surface area contributed by atoms with E-state index in [0.717, 1.165) is 51.4 Å². The first-order valence-corrected chi connectivity index (χ1v) is 19.6. The molecular formula is C35H59N5O7S. The number of hydrogen-bond donors (Lipinski definition) is 4. The molecular weight excluding hydrogens is 634 g/mol. The van der Waals surface area contributed by atoms with E-state index in [4.69, 9.17) is 0 Å². The molecule has 13 heteroatoms. The topological polar surface area (TPSA) is 171 Å². The maximum absolute atomic E-state index is 14.3. The number of likely N-dealkylation sites (tertiary alicyclic amines) is 1. The van der Waals surface area contributed by atoms with Gasteiger partial charge in [0.25, 0.3) is 5.91 Å². The van der Waals surface area contributed by atoms with Crippen molar-refractivity contribution in [2.45, 2.75) is 160 Å². The van der Waals surface area contributed by atoms with E-state index in [1.807, 2.05) is 27.7 Å². The zero-order chi connectivity index (χ0) is 35.7. The zero-order valence-corrected chi connectivity index (χ0v) is 30.9. The summed E-state index contributed by atoms with van der Waals surface area (Å²) in [4.78, 5) is 69.1. The third kappa shape index (κ3) is 9.94. The second-order valence-corrected chi connectivity index (χ2v) is 19.9. The number of ketones is 1. The van der Waals surface area contributed by atoms with Crippen LogP contribution in [0.2, 0.25) is 0 Å². The van der Waals surface area contributed by atoms with Crippen molar-refractivity contribution in [3.05, 3.63) is 0 Å². The van der Waals surface area contributed by atoms with Gasteiger partial charge < -0.3 is 26.2 Å². The van der Waals surface area contributed by atoms with Crippen molar-refractivity contribution in [2.75, 3.05) is 12.3 Å². The molecule has 0 unspecified atom stereocenters. The van der Waals surface area contributed by atoms with Crippen LogP contribution in [0, 0.1) is 17.3 Å². The zero-order valence-electron chi connectivity index (χ0n) is 30.1. The molecule has 0 radical (unpaired) electrons. The number of amides is 5. The van der Waals surface area contributed by atoms with E-state index in [1.54, 1.807) is 20.8 Å². The second kappa shape index (κ2) is 14.6. The van der Waals surface area contributed by atoms with Crippen molar-refractivity contribution in [3.63, 3.8) is 0 Å². The van der Waals surface area contributed by atoms with Crippen molar-refractivity contribution in [2.24, 2.45) is 17.3 Å². The summed E-state index contributed by atoms with van der Waals surface area (Å²) in [5.41, 5.74) is -1.69. The van der Waals surface area contributed by atoms with Gasteiger partial charge in [-0.2, -0.15) is 0 Å². The normalized spacial score (nSPS) is 24.3. The lowest BCUT2D eigenvalue weighted by Gasteiger charge is -2.41. The maximum Gasteiger partial charge on any atom is 0.315 e. The molecule has 4 fully saturated rings. The molecule has 4 aliphatic rings. The van der Waals surface area contributed by atoms with E-state index in [-0.39, 0.29) is 17.7 Å². The highest BCUT2D eigenvalue weighted by atomic mass is 32.2. The van der Waals surface area contributed by atoms with Gasteiger partial charge in [-0.15, -0.1) is 0 Å². The van der Waals surface area contributed by atoms with Crippen LogP contribution in [0.5, 0.6) is 0 Å². The highest BCUT2D eigenvalue weighted by molar-refractivity contribution is 7.92. The molecule has 4 atom stereocenters. The van der Waals surface area contributed by atoms with Gasteiger partial charge >= 0.3 is 6.03 Å². The third-order valence-electron chi connectivity index (χ3n) is 10.4. The SMILES string of the molecule is C[C@@H]1C[C@@H](C(=O)N[C@H](CCC2CC2)C(=O)C(=O)NC2CC2)N(C(=O)[C@@H](NC(=O)NC2(CS(=O)(=O)C(C)(C)C)CCCCC2)C(C)(C)C)C1. The number of rotatable bonds is 13. The van der Waals surface area contributed by atoms with Gasteiger partial charge in [0.2, 0.25) is 17.6 Å². The lowest BCUT2D eigenvalue weighted by atomic mass is 9.83. The first-order valence-electron chi connectivity index (χ1n) is 18.0. The first-order chi connectivity index (χ1) is 22.2. The van der Waals surface area contributed by atoms with Gasteiger partial charge in [-0.3, -0.25) is 19.2 Å². The van der Waals surface area contributed by atoms with Crippen molar-refractivity contribution in [3.8, 4) is 0 Å². The van der Waals surface area contributed by atoms with E-state index in [9.17, 15) is 32.4 Å². The van der Waals surface area contributed by atoms with Crippen LogP contribution < -0.4 is 21.3 Å². The fourth-order valence-corrected chi connectivity index (χ4v) is 8.38. The molecule has 272 valence electrons. The van der Waals surface area contributed by atoms with E-state index >= 15 is 0 Å². The molecule has 0 aromatic heterocycles. The number of hydrogen-bond acceptors (Lipinski definition) is 7. The van der Waals surface area contributed by atoms with Gasteiger partial charge in [-0.1, -0.05) is 59.8 Å². The van der Waals surface area contributed by atoms with Gasteiger partial charge in [0.1, 0.15) is 12.1 Å². The third-order valence-corrected chi connectivity index (χ3v) is 13.2. The average molecular weight is 694 g/mol. The van der Waals surface area contributed by atoms with Gasteiger partial charge in [0.15, 0.2) is 9.84 Å². The summed E-state index contributed by atoms with van der Waals surface area (Å²) in [6.07, 6.45) is 8.90. The largest absolute Gasteiger partial charge is 0.347 e. The number of nitrogens with zero attached hydrogens (tertiary/aromatic N) is 1. The van der Waals surface area contributed by atoms with Gasteiger partial charge in [-0.25, -0.2) is 13.2 Å². The summed E-state index contributed by atoms with van der Waals surface area (Å²) in [6.45, 7) is 12.7. The van der Waals surface area contributed by atoms with E-state index in [0.29, 0.717) is 38.1 Å². The Balaban J connectivity index is 1.49. The summed E-state index contributed by atoms with van der Waals surface area (Å²) >= 11 is 0. The highest BCUT2D eigenvalue weighted by Gasteiger charge is 2.47. The Morgan fingerprint density at radius 1 is 0.896 bits per heavy atom. The van der Waals surface area contributed by atoms with Crippen LogP contribution in [0.25, 0.3) is 0 Å². The van der Waals surface area contributed by atoms with Crippen LogP contribution in [0.1, 0.15) is 126 Å². The van der Waals surface area contributed by atoms with E-state index in [2.05, 4.69) is 21.3 Å². The molecule has 3 aliphatic carbocycles. The Bertz CT molecular complexity index is 1340. The summed E-state index contributed by atoms with van der Waals surface area (Å²) in [7, 11) is -3.55. The predicted octanol–water partition coefficient (Wildman–Crippen LogP) is 3.38. The highest BCUT2D eigenvalue weighted by Crippen LogP contribution is 2.35. The molecule has 1 saturated heterocycles. The molecule has 1 aliphatic heterocycles. The average Bonchev–Trinajstić information content (AvgIpc) is 3.91. The molecule has 0 aromatic rings. The maximum atomic E-state index is 14.3. The Labute approximate surface area is 287 Å². The standard InChI is InChI=1S/C35H59N5O7S/c1-22-19-26(29(42)37-25(16-13-23-11-12-23)27(41)30(43)36-24-14-15-24)40(20-22)31(44)28(33(2,3)4)38-32(45)39-35(17-9-8-10-18-35)21-48(46,47)34(5,6)7/h22-26,28H,8-21H2,1-7H3,(H,36,43)(H,37,42)(H2,38,39,45)/t22-,25-,26+,28-/m1/s1. The fourth-order valence-electron chi connectivity index (χ4n) is 6.86. The Hall–Kier alpha value is -2.70.